The number of carbonyl (C=O) groups excluding carboxylic acids is 1. The van der Waals surface area contributed by atoms with Crippen LogP contribution < -0.4 is 0 Å². The first-order valence-corrected chi connectivity index (χ1v) is 7.99. The first-order valence-electron chi connectivity index (χ1n) is 7.99. The van der Waals surface area contributed by atoms with Gasteiger partial charge in [0.05, 0.1) is 12.2 Å². The summed E-state index contributed by atoms with van der Waals surface area (Å²) in [4.78, 5) is 12.5. The number of esters is 1. The summed E-state index contributed by atoms with van der Waals surface area (Å²) in [5.41, 5.74) is 0.778. The summed E-state index contributed by atoms with van der Waals surface area (Å²) in [6, 6.07) is 13.7. The molecule has 2 aliphatic carbocycles. The summed E-state index contributed by atoms with van der Waals surface area (Å²) < 4.78 is 5.70. The Hall–Kier alpha value is -2.09. The molecule has 112 valence electrons. The molecule has 0 heterocycles. The molecule has 0 saturated heterocycles. The highest BCUT2D eigenvalue weighted by atomic mass is 16.5. The van der Waals surface area contributed by atoms with Crippen LogP contribution in [0.5, 0.6) is 0 Å². The predicted molar refractivity (Wildman–Crippen MR) is 87.7 cm³/mol. The number of hydrogen-bond donors (Lipinski definition) is 0. The van der Waals surface area contributed by atoms with Crippen LogP contribution in [0.2, 0.25) is 0 Å². The molecule has 22 heavy (non-hydrogen) atoms. The average molecular weight is 292 g/mol. The highest BCUT2D eigenvalue weighted by molar-refractivity contribution is 6.04. The van der Waals surface area contributed by atoms with Crippen LogP contribution in [0.15, 0.2) is 54.6 Å². The van der Waals surface area contributed by atoms with Crippen LogP contribution in [-0.4, -0.2) is 12.6 Å². The minimum absolute atomic E-state index is 0.111. The van der Waals surface area contributed by atoms with Gasteiger partial charge in [-0.05, 0) is 41.5 Å². The lowest BCUT2D eigenvalue weighted by atomic mass is 9.78. The average Bonchev–Trinajstić information content (AvgIpc) is 3.13. The number of hydrogen-bond acceptors (Lipinski definition) is 2. The standard InChI is InChI=1S/C20H20O2/c1-20(12-14-9-10-16(20)11-14)13-22-19(21)18-8-4-6-15-5-2-3-7-17(15)18/h2-10,14,16H,11-13H2,1H3. The lowest BCUT2D eigenvalue weighted by molar-refractivity contribution is 0.0261. The van der Waals surface area contributed by atoms with Crippen molar-refractivity contribution in [3.8, 4) is 0 Å². The van der Waals surface area contributed by atoms with Gasteiger partial charge in [0.25, 0.3) is 0 Å². The van der Waals surface area contributed by atoms with Crippen molar-refractivity contribution in [2.75, 3.05) is 6.61 Å². The first-order chi connectivity index (χ1) is 10.7. The zero-order chi connectivity index (χ0) is 15.2. The molecule has 1 fully saturated rings. The second kappa shape index (κ2) is 4.98. The smallest absolute Gasteiger partial charge is 0.338 e. The maximum atomic E-state index is 12.5. The molecule has 0 spiro atoms. The number of allylic oxidation sites excluding steroid dienone is 2. The lowest BCUT2D eigenvalue weighted by Crippen LogP contribution is -2.29. The molecule has 2 nitrogen and oxygen atoms in total. The first kappa shape index (κ1) is 13.6. The Morgan fingerprint density at radius 3 is 2.77 bits per heavy atom. The van der Waals surface area contributed by atoms with Crippen molar-refractivity contribution in [1.29, 1.82) is 0 Å². The molecule has 0 aromatic heterocycles. The molecular weight excluding hydrogens is 272 g/mol. The number of fused-ring (bicyclic) bond motifs is 3. The molecule has 4 rings (SSSR count). The van der Waals surface area contributed by atoms with Gasteiger partial charge in [0.1, 0.15) is 0 Å². The Balaban J connectivity index is 1.54. The topological polar surface area (TPSA) is 26.3 Å². The maximum Gasteiger partial charge on any atom is 0.338 e. The number of carbonyl (C=O) groups is 1. The third-order valence-corrected chi connectivity index (χ3v) is 5.34. The third kappa shape index (κ3) is 2.14. The normalized spacial score (nSPS) is 29.1. The summed E-state index contributed by atoms with van der Waals surface area (Å²) >= 11 is 0. The van der Waals surface area contributed by atoms with Gasteiger partial charge in [0.15, 0.2) is 0 Å². The Morgan fingerprint density at radius 2 is 2.00 bits per heavy atom. The van der Waals surface area contributed by atoms with E-state index < -0.39 is 0 Å². The largest absolute Gasteiger partial charge is 0.461 e. The minimum Gasteiger partial charge on any atom is -0.461 e. The van der Waals surface area contributed by atoms with E-state index in [4.69, 9.17) is 4.74 Å². The highest BCUT2D eigenvalue weighted by Crippen LogP contribution is 2.52. The fourth-order valence-corrected chi connectivity index (χ4v) is 4.07. The van der Waals surface area contributed by atoms with Gasteiger partial charge in [-0.1, -0.05) is 55.5 Å². The number of ether oxygens (including phenoxy) is 1. The quantitative estimate of drug-likeness (QED) is 0.610. The van der Waals surface area contributed by atoms with E-state index in [-0.39, 0.29) is 11.4 Å². The minimum atomic E-state index is -0.204. The molecule has 2 aliphatic rings. The summed E-state index contributed by atoms with van der Waals surface area (Å²) in [5, 5.41) is 2.04. The van der Waals surface area contributed by atoms with Crippen molar-refractivity contribution in [2.24, 2.45) is 17.3 Å². The van der Waals surface area contributed by atoms with E-state index in [0.717, 1.165) is 17.2 Å². The maximum absolute atomic E-state index is 12.5. The van der Waals surface area contributed by atoms with Crippen molar-refractivity contribution < 1.29 is 9.53 Å². The van der Waals surface area contributed by atoms with Crippen LogP contribution in [0.1, 0.15) is 30.1 Å². The van der Waals surface area contributed by atoms with E-state index in [2.05, 4.69) is 19.1 Å². The molecular formula is C20H20O2. The Morgan fingerprint density at radius 1 is 1.18 bits per heavy atom. The molecule has 2 bridgehead atoms. The van der Waals surface area contributed by atoms with Crippen LogP contribution in [-0.2, 0) is 4.74 Å². The molecule has 0 aliphatic heterocycles. The van der Waals surface area contributed by atoms with Crippen molar-refractivity contribution in [3.63, 3.8) is 0 Å². The van der Waals surface area contributed by atoms with Crippen LogP contribution in [0.25, 0.3) is 10.8 Å². The molecule has 2 aromatic carbocycles. The van der Waals surface area contributed by atoms with E-state index >= 15 is 0 Å². The van der Waals surface area contributed by atoms with Gasteiger partial charge in [-0.25, -0.2) is 4.79 Å². The molecule has 1 saturated carbocycles. The van der Waals surface area contributed by atoms with Crippen LogP contribution in [0.4, 0.5) is 0 Å². The van der Waals surface area contributed by atoms with Gasteiger partial charge < -0.3 is 4.74 Å². The van der Waals surface area contributed by atoms with E-state index in [1.165, 1.54) is 6.42 Å². The van der Waals surface area contributed by atoms with Crippen molar-refractivity contribution >= 4 is 16.7 Å². The lowest BCUT2D eigenvalue weighted by Gasteiger charge is -2.30. The van der Waals surface area contributed by atoms with E-state index in [0.29, 0.717) is 24.0 Å². The van der Waals surface area contributed by atoms with Gasteiger partial charge in [-0.3, -0.25) is 0 Å². The number of rotatable bonds is 3. The van der Waals surface area contributed by atoms with Gasteiger partial charge in [0, 0.05) is 5.41 Å². The zero-order valence-corrected chi connectivity index (χ0v) is 12.8. The predicted octanol–water partition coefficient (Wildman–Crippen LogP) is 4.60. The molecule has 2 heteroatoms. The van der Waals surface area contributed by atoms with Crippen molar-refractivity contribution in [2.45, 2.75) is 19.8 Å². The second-order valence-electron chi connectivity index (χ2n) is 6.95. The molecule has 0 N–H and O–H groups in total. The van der Waals surface area contributed by atoms with Gasteiger partial charge >= 0.3 is 5.97 Å². The Kier molecular flexibility index (Phi) is 3.07. The molecule has 3 atom stereocenters. The summed E-state index contributed by atoms with van der Waals surface area (Å²) in [6.07, 6.45) is 6.98. The molecule has 3 unspecified atom stereocenters. The van der Waals surface area contributed by atoms with E-state index in [1.54, 1.807) is 0 Å². The summed E-state index contributed by atoms with van der Waals surface area (Å²) in [6.45, 7) is 2.76. The van der Waals surface area contributed by atoms with E-state index in [1.807, 2.05) is 42.5 Å². The monoisotopic (exact) mass is 292 g/mol. The van der Waals surface area contributed by atoms with Gasteiger partial charge in [0.2, 0.25) is 0 Å². The van der Waals surface area contributed by atoms with Crippen LogP contribution in [0, 0.1) is 17.3 Å². The molecule has 0 radical (unpaired) electrons. The third-order valence-electron chi connectivity index (χ3n) is 5.34. The highest BCUT2D eigenvalue weighted by Gasteiger charge is 2.45. The second-order valence-corrected chi connectivity index (χ2v) is 6.95. The SMILES string of the molecule is CC1(COC(=O)c2cccc3ccccc23)CC2C=CC1C2. The van der Waals surface area contributed by atoms with Crippen molar-refractivity contribution in [1.82, 2.24) is 0 Å². The van der Waals surface area contributed by atoms with Gasteiger partial charge in [-0.2, -0.15) is 0 Å². The molecule has 0 amide bonds. The summed E-state index contributed by atoms with van der Waals surface area (Å²) in [7, 11) is 0. The van der Waals surface area contributed by atoms with Crippen LogP contribution >= 0.6 is 0 Å². The van der Waals surface area contributed by atoms with E-state index in [9.17, 15) is 4.79 Å². The van der Waals surface area contributed by atoms with Crippen LogP contribution in [0.3, 0.4) is 0 Å². The Bertz CT molecular complexity index is 756. The molecule has 2 aromatic rings. The summed E-state index contributed by atoms with van der Waals surface area (Å²) in [5.74, 6) is 1.05. The van der Waals surface area contributed by atoms with Gasteiger partial charge in [-0.15, -0.1) is 0 Å². The number of benzene rings is 2. The zero-order valence-electron chi connectivity index (χ0n) is 12.8. The Labute approximate surface area is 130 Å². The van der Waals surface area contributed by atoms with Crippen molar-refractivity contribution in [3.05, 3.63) is 60.2 Å². The fraction of sp³-hybridized carbons (Fsp3) is 0.350. The fourth-order valence-electron chi connectivity index (χ4n) is 4.07.